The first-order valence-electron chi connectivity index (χ1n) is 1.07. The molecule has 0 aliphatic heterocycles. The zero-order valence-electron chi connectivity index (χ0n) is 6.80. The van der Waals surface area contributed by atoms with E-state index >= 15 is 0 Å². The molecule has 0 unspecified atom stereocenters. The summed E-state index contributed by atoms with van der Waals surface area (Å²) in [7, 11) is -3.60. The van der Waals surface area contributed by atoms with Crippen molar-refractivity contribution in [2.45, 2.75) is 0 Å². The van der Waals surface area contributed by atoms with Crippen LogP contribution in [0.2, 0.25) is 0 Å². The Balaban J connectivity index is -0.0000000125. The molecule has 0 radical (unpaired) electrons. The zero-order valence-corrected chi connectivity index (χ0v) is 9.13. The summed E-state index contributed by atoms with van der Waals surface area (Å²) >= 11 is 0. The fraction of sp³-hybridized carbons (Fsp3) is 1.00. The van der Waals surface area contributed by atoms with E-state index in [0.717, 1.165) is 7.11 Å². The van der Waals surface area contributed by atoms with Crippen molar-refractivity contribution in [1.29, 1.82) is 0 Å². The number of rotatable bonds is 1. The molecule has 12 N–H and O–H groups in total. The average molecular weight is 236 g/mol. The van der Waals surface area contributed by atoms with E-state index in [2.05, 4.69) is 4.18 Å². The summed E-state index contributed by atoms with van der Waals surface area (Å²) in [4.78, 5) is 0. The normalized spacial score (nSPS) is 6.36. The Kier molecular flexibility index (Phi) is 64.7. The maximum absolute atomic E-state index is 9.22. The van der Waals surface area contributed by atoms with Crippen LogP contribution in [0, 0.1) is 0 Å². The van der Waals surface area contributed by atoms with Gasteiger partial charge in [-0.1, -0.05) is 0 Å². The molecule has 11 heavy (non-hydrogen) atoms. The third-order valence-corrected chi connectivity index (χ3v) is 0.612. The van der Waals surface area contributed by atoms with Crippen LogP contribution in [0.1, 0.15) is 0 Å². The lowest BCUT2D eigenvalue weighted by molar-refractivity contribution is -0.001000. The number of hydrogen-bond acceptors (Lipinski definition) is 4. The van der Waals surface area contributed by atoms with E-state index in [1.165, 1.54) is 0 Å². The standard InChI is InChI=1S/CH4O4S.2ClH.3H3N/c1-5-6(2,3)4;;;;;/h1H3,(H,2,3,4);2*1H;3*1H3. The Hall–Kier alpha value is 0.330. The second-order valence-corrected chi connectivity index (χ2v) is 1.72. The van der Waals surface area contributed by atoms with Crippen LogP contribution >= 0.6 is 0 Å². The zero-order chi connectivity index (χ0) is 5.21. The van der Waals surface area contributed by atoms with Gasteiger partial charge >= 0.3 is 0 Å². The summed E-state index contributed by atoms with van der Waals surface area (Å²) in [6, 6.07) is 0. The highest BCUT2D eigenvalue weighted by molar-refractivity contribution is 7.80. The van der Waals surface area contributed by atoms with Gasteiger partial charge in [0, 0.05) is 0 Å². The third kappa shape index (κ3) is 64.6. The summed E-state index contributed by atoms with van der Waals surface area (Å²) in [5, 5.41) is 0. The molecule has 0 amide bonds. The molecule has 0 aromatic carbocycles. The highest BCUT2D eigenvalue weighted by atomic mass is 35.5. The molecule has 78 valence electrons. The fourth-order valence-electron chi connectivity index (χ4n) is 0. The quantitative estimate of drug-likeness (QED) is 0.303. The van der Waals surface area contributed by atoms with Crippen LogP contribution < -0.4 is 43.3 Å². The lowest BCUT2D eigenvalue weighted by Gasteiger charge is -1.98. The minimum atomic E-state index is -4.41. The number of quaternary nitrogens is 3. The molecule has 0 spiro atoms. The Labute approximate surface area is 78.4 Å². The second kappa shape index (κ2) is 16.7. The monoisotopic (exact) mass is 235 g/mol. The molecule has 10 heteroatoms. The van der Waals surface area contributed by atoms with Gasteiger partial charge < -0.3 is 47.8 Å². The molecule has 0 fully saturated rings. The molecule has 0 saturated heterocycles. The Morgan fingerprint density at radius 3 is 1.18 bits per heavy atom. The highest BCUT2D eigenvalue weighted by Crippen LogP contribution is 1.74. The predicted molar refractivity (Wildman–Crippen MR) is 34.7 cm³/mol. The molecule has 0 heterocycles. The third-order valence-electron chi connectivity index (χ3n) is 0.204. The Morgan fingerprint density at radius 2 is 1.18 bits per heavy atom. The Morgan fingerprint density at radius 1 is 1.09 bits per heavy atom. The van der Waals surface area contributed by atoms with Gasteiger partial charge in [0.2, 0.25) is 10.4 Å². The van der Waals surface area contributed by atoms with Crippen molar-refractivity contribution in [3.8, 4) is 0 Å². The summed E-state index contributed by atoms with van der Waals surface area (Å²) in [5.41, 5.74) is 0. The second-order valence-electron chi connectivity index (χ2n) is 0.575. The predicted octanol–water partition coefficient (Wildman–Crippen LogP) is -5.77. The van der Waals surface area contributed by atoms with E-state index in [0.29, 0.717) is 0 Å². The van der Waals surface area contributed by atoms with E-state index in [1.54, 1.807) is 0 Å². The summed E-state index contributed by atoms with van der Waals surface area (Å²) < 4.78 is 31.0. The van der Waals surface area contributed by atoms with Crippen LogP contribution in [-0.4, -0.2) is 20.1 Å². The molecular formula is CH15Cl2N3O4S. The highest BCUT2D eigenvalue weighted by Gasteiger charge is 1.79. The molecule has 0 atom stereocenters. The van der Waals surface area contributed by atoms with E-state index in [-0.39, 0.29) is 43.3 Å². The van der Waals surface area contributed by atoms with Gasteiger partial charge in [0.05, 0.1) is 7.11 Å². The lowest BCUT2D eigenvalue weighted by Crippen LogP contribution is -3.00. The molecule has 0 aliphatic carbocycles. The van der Waals surface area contributed by atoms with E-state index in [4.69, 9.17) is 0 Å². The maximum Gasteiger partial charge on any atom is 0.217 e. The van der Waals surface area contributed by atoms with Crippen molar-refractivity contribution in [2.75, 3.05) is 7.11 Å². The first kappa shape index (κ1) is 42.6. The summed E-state index contributed by atoms with van der Waals surface area (Å²) in [5.74, 6) is 0. The largest absolute Gasteiger partial charge is 1.00 e. The van der Waals surface area contributed by atoms with Gasteiger partial charge in [0.25, 0.3) is 0 Å². The smallest absolute Gasteiger partial charge is 0.217 e. The maximum atomic E-state index is 9.22. The van der Waals surface area contributed by atoms with Crippen molar-refractivity contribution < 1.29 is 42.0 Å². The van der Waals surface area contributed by atoms with Crippen LogP contribution in [0.5, 0.6) is 0 Å². The van der Waals surface area contributed by atoms with Gasteiger partial charge in [0.1, 0.15) is 0 Å². The number of hydrogen-bond donors (Lipinski definition) is 3. The Bertz CT molecular complexity index is 125. The van der Waals surface area contributed by atoms with Crippen LogP contribution in [-0.2, 0) is 14.6 Å². The molecule has 0 aliphatic rings. The van der Waals surface area contributed by atoms with Gasteiger partial charge in [-0.15, -0.1) is 0 Å². The van der Waals surface area contributed by atoms with Crippen LogP contribution in [0.3, 0.4) is 0 Å². The van der Waals surface area contributed by atoms with Crippen molar-refractivity contribution in [3.63, 3.8) is 0 Å². The summed E-state index contributed by atoms with van der Waals surface area (Å²) in [6.45, 7) is 0. The molecular weight excluding hydrogens is 221 g/mol. The van der Waals surface area contributed by atoms with E-state index in [1.807, 2.05) is 0 Å². The molecule has 0 aromatic rings. The van der Waals surface area contributed by atoms with Crippen LogP contribution in [0.25, 0.3) is 0 Å². The van der Waals surface area contributed by atoms with Crippen molar-refractivity contribution >= 4 is 10.4 Å². The summed E-state index contributed by atoms with van der Waals surface area (Å²) in [6.07, 6.45) is 0. The minimum Gasteiger partial charge on any atom is -1.00 e. The fourth-order valence-corrected chi connectivity index (χ4v) is 0. The van der Waals surface area contributed by atoms with Gasteiger partial charge in [-0.25, -0.2) is 8.42 Å². The van der Waals surface area contributed by atoms with Crippen molar-refractivity contribution in [3.05, 3.63) is 0 Å². The first-order chi connectivity index (χ1) is 2.56. The molecule has 7 nitrogen and oxygen atoms in total. The number of halogens is 2. The van der Waals surface area contributed by atoms with Crippen LogP contribution in [0.4, 0.5) is 0 Å². The van der Waals surface area contributed by atoms with Crippen molar-refractivity contribution in [2.24, 2.45) is 0 Å². The minimum absolute atomic E-state index is 0. The first-order valence-corrected chi connectivity index (χ1v) is 2.41. The van der Waals surface area contributed by atoms with E-state index in [9.17, 15) is 13.0 Å². The topological polar surface area (TPSA) is 176 Å². The molecule has 0 saturated carbocycles. The lowest BCUT2D eigenvalue weighted by atomic mass is 11.8. The van der Waals surface area contributed by atoms with Gasteiger partial charge in [-0.05, 0) is 0 Å². The molecule has 0 rings (SSSR count). The van der Waals surface area contributed by atoms with Gasteiger partial charge in [-0.3, -0.25) is 4.18 Å². The van der Waals surface area contributed by atoms with E-state index < -0.39 is 10.4 Å². The van der Waals surface area contributed by atoms with Gasteiger partial charge in [0.15, 0.2) is 0 Å². The average Bonchev–Trinajstić information content (AvgIpc) is 1.35. The van der Waals surface area contributed by atoms with Crippen LogP contribution in [0.15, 0.2) is 0 Å². The van der Waals surface area contributed by atoms with Crippen molar-refractivity contribution in [1.82, 2.24) is 18.5 Å². The van der Waals surface area contributed by atoms with Gasteiger partial charge in [-0.2, -0.15) is 0 Å². The molecule has 0 bridgehead atoms. The molecule has 0 aromatic heterocycles. The SMILES string of the molecule is COS(=O)(=O)[O-].[Cl-].[Cl-].[NH4+].[NH4+].[NH4+].